The fourth-order valence-corrected chi connectivity index (χ4v) is 2.60. The van der Waals surface area contributed by atoms with E-state index in [2.05, 4.69) is 25.5 Å². The highest BCUT2D eigenvalue weighted by Crippen LogP contribution is 2.20. The van der Waals surface area contributed by atoms with Crippen LogP contribution in [0, 0.1) is 0 Å². The first-order valence-electron chi connectivity index (χ1n) is 7.19. The summed E-state index contributed by atoms with van der Waals surface area (Å²) in [4.78, 5) is 12.4. The van der Waals surface area contributed by atoms with Gasteiger partial charge in [0.1, 0.15) is 5.69 Å². The normalized spacial score (nSPS) is 11.2. The average molecular weight is 273 g/mol. The molecule has 4 nitrogen and oxygen atoms in total. The molecule has 0 aliphatic rings. The van der Waals surface area contributed by atoms with E-state index < -0.39 is 0 Å². The monoisotopic (exact) mass is 273 g/mol. The number of hydrogen-bond donors (Lipinski definition) is 1. The quantitative estimate of drug-likeness (QED) is 0.910. The maximum atomic E-state index is 12.4. The molecule has 1 aromatic carbocycles. The molecule has 0 atom stereocenters. The van der Waals surface area contributed by atoms with Crippen molar-refractivity contribution in [1.82, 2.24) is 9.36 Å². The lowest BCUT2D eigenvalue weighted by Crippen LogP contribution is -2.25. The zero-order valence-corrected chi connectivity index (χ0v) is 12.5. The van der Waals surface area contributed by atoms with Gasteiger partial charge in [-0.05, 0) is 17.9 Å². The van der Waals surface area contributed by atoms with E-state index in [4.69, 9.17) is 5.73 Å². The average Bonchev–Trinajstić information content (AvgIpc) is 2.65. The Morgan fingerprint density at radius 2 is 1.80 bits per heavy atom. The van der Waals surface area contributed by atoms with Crippen molar-refractivity contribution in [3.63, 3.8) is 0 Å². The van der Waals surface area contributed by atoms with Crippen LogP contribution in [0.1, 0.15) is 44.4 Å². The van der Waals surface area contributed by atoms with Crippen LogP contribution in [0.4, 0.5) is 5.69 Å². The Morgan fingerprint density at radius 3 is 2.35 bits per heavy atom. The molecule has 0 radical (unpaired) electrons. The third-order valence-corrected chi connectivity index (χ3v) is 3.47. The zero-order valence-electron chi connectivity index (χ0n) is 12.5. The summed E-state index contributed by atoms with van der Waals surface area (Å²) in [5, 5.41) is 0. The van der Waals surface area contributed by atoms with Crippen LogP contribution in [0.15, 0.2) is 35.1 Å². The van der Waals surface area contributed by atoms with Gasteiger partial charge in [0.15, 0.2) is 0 Å². The van der Waals surface area contributed by atoms with Gasteiger partial charge in [0.2, 0.25) is 0 Å². The van der Waals surface area contributed by atoms with Gasteiger partial charge in [0.05, 0.1) is 12.2 Å². The third kappa shape index (κ3) is 2.64. The highest BCUT2D eigenvalue weighted by atomic mass is 16.1. The summed E-state index contributed by atoms with van der Waals surface area (Å²) in [5.41, 5.74) is 8.41. The number of anilines is 1. The van der Waals surface area contributed by atoms with E-state index in [1.165, 1.54) is 0 Å². The number of nitrogens with two attached hydrogens (primary N) is 1. The SMILES string of the molecule is CCCn1c(C(C)C)c(N)c(=O)n1Cc1ccccc1. The lowest BCUT2D eigenvalue weighted by Gasteiger charge is -2.16. The van der Waals surface area contributed by atoms with E-state index in [0.717, 1.165) is 24.2 Å². The molecule has 4 heteroatoms. The van der Waals surface area contributed by atoms with Crippen molar-refractivity contribution in [2.75, 3.05) is 5.73 Å². The van der Waals surface area contributed by atoms with Gasteiger partial charge in [-0.2, -0.15) is 0 Å². The zero-order chi connectivity index (χ0) is 14.7. The minimum atomic E-state index is -0.0778. The first kappa shape index (κ1) is 14.4. The summed E-state index contributed by atoms with van der Waals surface area (Å²) in [6.45, 7) is 7.63. The topological polar surface area (TPSA) is 52.9 Å². The van der Waals surface area contributed by atoms with Crippen LogP contribution in [0.5, 0.6) is 0 Å². The molecular formula is C16H23N3O. The second kappa shape index (κ2) is 5.99. The van der Waals surface area contributed by atoms with Gasteiger partial charge < -0.3 is 5.73 Å². The second-order valence-corrected chi connectivity index (χ2v) is 5.43. The van der Waals surface area contributed by atoms with E-state index in [0.29, 0.717) is 12.2 Å². The van der Waals surface area contributed by atoms with Gasteiger partial charge >= 0.3 is 0 Å². The number of rotatable bonds is 5. The van der Waals surface area contributed by atoms with E-state index in [1.54, 1.807) is 4.68 Å². The fourth-order valence-electron chi connectivity index (χ4n) is 2.60. The Labute approximate surface area is 119 Å². The molecule has 2 aromatic rings. The minimum absolute atomic E-state index is 0.0778. The van der Waals surface area contributed by atoms with Gasteiger partial charge in [-0.1, -0.05) is 51.1 Å². The third-order valence-electron chi connectivity index (χ3n) is 3.47. The Balaban J connectivity index is 2.51. The van der Waals surface area contributed by atoms with E-state index in [1.807, 2.05) is 30.3 Å². The molecule has 2 N–H and O–H groups in total. The van der Waals surface area contributed by atoms with Crippen molar-refractivity contribution in [1.29, 1.82) is 0 Å². The summed E-state index contributed by atoms with van der Waals surface area (Å²) in [6.07, 6.45) is 0.974. The van der Waals surface area contributed by atoms with Crippen LogP contribution in [0.2, 0.25) is 0 Å². The highest BCUT2D eigenvalue weighted by Gasteiger charge is 2.19. The van der Waals surface area contributed by atoms with Gasteiger partial charge in [0.25, 0.3) is 5.56 Å². The Morgan fingerprint density at radius 1 is 1.15 bits per heavy atom. The Hall–Kier alpha value is -1.97. The molecule has 20 heavy (non-hydrogen) atoms. The lowest BCUT2D eigenvalue weighted by molar-refractivity contribution is 0.443. The molecule has 108 valence electrons. The minimum Gasteiger partial charge on any atom is -0.393 e. The Bertz CT molecular complexity index is 623. The number of hydrogen-bond acceptors (Lipinski definition) is 2. The van der Waals surface area contributed by atoms with Crippen LogP contribution < -0.4 is 11.3 Å². The van der Waals surface area contributed by atoms with Crippen molar-refractivity contribution >= 4 is 5.69 Å². The number of nitrogens with zero attached hydrogens (tertiary/aromatic N) is 2. The molecule has 1 heterocycles. The highest BCUT2D eigenvalue weighted by molar-refractivity contribution is 5.43. The van der Waals surface area contributed by atoms with Gasteiger partial charge in [-0.25, -0.2) is 4.68 Å². The van der Waals surface area contributed by atoms with Gasteiger partial charge in [-0.15, -0.1) is 0 Å². The van der Waals surface area contributed by atoms with Crippen LogP contribution in [0.3, 0.4) is 0 Å². The van der Waals surface area contributed by atoms with Crippen molar-refractivity contribution in [2.24, 2.45) is 0 Å². The van der Waals surface area contributed by atoms with Crippen LogP contribution >= 0.6 is 0 Å². The summed E-state index contributed by atoms with van der Waals surface area (Å²) in [5.74, 6) is 0.242. The van der Waals surface area contributed by atoms with Crippen molar-refractivity contribution in [2.45, 2.75) is 46.2 Å². The molecule has 0 amide bonds. The molecule has 0 saturated heterocycles. The standard InChI is InChI=1S/C16H23N3O/c1-4-10-18-15(12(2)3)14(17)16(20)19(18)11-13-8-6-5-7-9-13/h5-9,12H,4,10-11,17H2,1-3H3. The van der Waals surface area contributed by atoms with Crippen LogP contribution in [-0.4, -0.2) is 9.36 Å². The van der Waals surface area contributed by atoms with Gasteiger partial charge in [0, 0.05) is 6.54 Å². The molecule has 1 aromatic heterocycles. The predicted octanol–water partition coefficient (Wildman–Crippen LogP) is 2.81. The first-order chi connectivity index (χ1) is 9.56. The number of nitrogen functional groups attached to an aromatic ring is 1. The van der Waals surface area contributed by atoms with Crippen molar-refractivity contribution in [3.8, 4) is 0 Å². The summed E-state index contributed by atoms with van der Waals surface area (Å²) >= 11 is 0. The Kier molecular flexibility index (Phi) is 4.32. The molecule has 0 unspecified atom stereocenters. The molecule has 0 spiro atoms. The van der Waals surface area contributed by atoms with E-state index in [-0.39, 0.29) is 11.5 Å². The largest absolute Gasteiger partial charge is 0.393 e. The van der Waals surface area contributed by atoms with Crippen LogP contribution in [0.25, 0.3) is 0 Å². The fraction of sp³-hybridized carbons (Fsp3) is 0.438. The maximum Gasteiger partial charge on any atom is 0.290 e. The molecular weight excluding hydrogens is 250 g/mol. The first-order valence-corrected chi connectivity index (χ1v) is 7.19. The predicted molar refractivity (Wildman–Crippen MR) is 83.0 cm³/mol. The maximum absolute atomic E-state index is 12.4. The smallest absolute Gasteiger partial charge is 0.290 e. The molecule has 0 aliphatic heterocycles. The summed E-state index contributed by atoms with van der Waals surface area (Å²) in [6, 6.07) is 10.0. The number of aromatic nitrogens is 2. The lowest BCUT2D eigenvalue weighted by atomic mass is 10.1. The summed E-state index contributed by atoms with van der Waals surface area (Å²) < 4.78 is 3.82. The van der Waals surface area contributed by atoms with Crippen molar-refractivity contribution in [3.05, 3.63) is 51.9 Å². The van der Waals surface area contributed by atoms with Crippen molar-refractivity contribution < 1.29 is 0 Å². The molecule has 0 bridgehead atoms. The molecule has 0 aliphatic carbocycles. The van der Waals surface area contributed by atoms with E-state index >= 15 is 0 Å². The van der Waals surface area contributed by atoms with Gasteiger partial charge in [-0.3, -0.25) is 9.48 Å². The van der Waals surface area contributed by atoms with E-state index in [9.17, 15) is 4.79 Å². The number of benzene rings is 1. The summed E-state index contributed by atoms with van der Waals surface area (Å²) in [7, 11) is 0. The second-order valence-electron chi connectivity index (χ2n) is 5.43. The molecule has 2 rings (SSSR count). The molecule has 0 saturated carbocycles. The molecule has 0 fully saturated rings. The van der Waals surface area contributed by atoms with Crippen LogP contribution in [-0.2, 0) is 13.1 Å².